The summed E-state index contributed by atoms with van der Waals surface area (Å²) in [5.41, 5.74) is 2.39. The van der Waals surface area contributed by atoms with Crippen LogP contribution in [0.2, 0.25) is 0 Å². The molecule has 0 atom stereocenters. The van der Waals surface area contributed by atoms with Gasteiger partial charge in [-0.05, 0) is 33.4 Å². The van der Waals surface area contributed by atoms with Gasteiger partial charge in [0.15, 0.2) is 17.4 Å². The number of nitrogens with zero attached hydrogens (tertiary/aromatic N) is 6. The van der Waals surface area contributed by atoms with Gasteiger partial charge in [-0.3, -0.25) is 4.68 Å². The summed E-state index contributed by atoms with van der Waals surface area (Å²) in [6.07, 6.45) is 5.92. The van der Waals surface area contributed by atoms with Crippen molar-refractivity contribution < 1.29 is 13.5 Å². The van der Waals surface area contributed by atoms with Crippen LogP contribution in [0.4, 0.5) is 26.2 Å². The first-order valence-corrected chi connectivity index (χ1v) is 11.9. The van der Waals surface area contributed by atoms with Gasteiger partial charge in [-0.25, -0.2) is 8.78 Å². The van der Waals surface area contributed by atoms with Gasteiger partial charge in [0.2, 0.25) is 0 Å². The summed E-state index contributed by atoms with van der Waals surface area (Å²) < 4.78 is 37.5. The minimum Gasteiger partial charge on any atom is -0.421 e. The third-order valence-corrected chi connectivity index (χ3v) is 6.40. The fourth-order valence-corrected chi connectivity index (χ4v) is 4.46. The van der Waals surface area contributed by atoms with E-state index in [9.17, 15) is 4.39 Å². The van der Waals surface area contributed by atoms with Crippen molar-refractivity contribution in [1.29, 1.82) is 0 Å². The first-order chi connectivity index (χ1) is 17.3. The number of nitrogens with one attached hydrogen (secondary N) is 1. The van der Waals surface area contributed by atoms with Gasteiger partial charge in [0, 0.05) is 62.6 Å². The molecule has 36 heavy (non-hydrogen) atoms. The van der Waals surface area contributed by atoms with Crippen LogP contribution in [0.25, 0.3) is 12.2 Å². The molecule has 8 nitrogen and oxygen atoms in total. The molecule has 0 saturated carbocycles. The molecule has 0 bridgehead atoms. The maximum absolute atomic E-state index is 15.2. The Morgan fingerprint density at radius 3 is 2.56 bits per heavy atom. The van der Waals surface area contributed by atoms with E-state index in [4.69, 9.17) is 4.74 Å². The van der Waals surface area contributed by atoms with Crippen molar-refractivity contribution in [3.05, 3.63) is 58.3 Å². The standard InChI is InChI=1S/C26H29F2N7O/c1-5-6-17-13-23(32-34(17)4)29-22-15-24(35-9-7-33(3)8-10-35)31-26(30-22)36-21-14-20(27)18-11-16(2)12-19(18)25(21)28/h5-6,12-15H,7-11H2,1-4H3,(H,29,30,31,32)/b6-5-. The van der Waals surface area contributed by atoms with Gasteiger partial charge in [-0.15, -0.1) is 0 Å². The predicted molar refractivity (Wildman–Crippen MR) is 137 cm³/mol. The van der Waals surface area contributed by atoms with E-state index in [0.29, 0.717) is 29.4 Å². The molecule has 1 fully saturated rings. The van der Waals surface area contributed by atoms with Crippen molar-refractivity contribution >= 4 is 29.6 Å². The molecule has 3 aromatic rings. The van der Waals surface area contributed by atoms with Crippen molar-refractivity contribution in [3.63, 3.8) is 0 Å². The normalized spacial score (nSPS) is 15.9. The topological polar surface area (TPSA) is 71.3 Å². The Morgan fingerprint density at radius 2 is 1.81 bits per heavy atom. The van der Waals surface area contributed by atoms with Gasteiger partial charge in [0.05, 0.1) is 5.69 Å². The largest absolute Gasteiger partial charge is 0.421 e. The van der Waals surface area contributed by atoms with E-state index in [1.807, 2.05) is 45.2 Å². The van der Waals surface area contributed by atoms with Crippen LogP contribution in [0.15, 0.2) is 29.8 Å². The van der Waals surface area contributed by atoms with Gasteiger partial charge in [-0.2, -0.15) is 15.1 Å². The summed E-state index contributed by atoms with van der Waals surface area (Å²) in [5.74, 6) is 0.303. The van der Waals surface area contributed by atoms with Gasteiger partial charge < -0.3 is 19.9 Å². The van der Waals surface area contributed by atoms with Crippen LogP contribution in [-0.4, -0.2) is 57.9 Å². The fourth-order valence-electron chi connectivity index (χ4n) is 4.46. The number of hydrogen-bond donors (Lipinski definition) is 1. The molecule has 1 aromatic carbocycles. The number of allylic oxidation sites excluding steroid dienone is 2. The van der Waals surface area contributed by atoms with E-state index < -0.39 is 11.6 Å². The number of aromatic nitrogens is 4. The molecule has 1 N–H and O–H groups in total. The maximum Gasteiger partial charge on any atom is 0.326 e. The highest BCUT2D eigenvalue weighted by Crippen LogP contribution is 2.36. The zero-order valence-corrected chi connectivity index (χ0v) is 20.8. The second-order valence-electron chi connectivity index (χ2n) is 9.22. The van der Waals surface area contributed by atoms with E-state index in [-0.39, 0.29) is 17.3 Å². The molecule has 0 amide bonds. The van der Waals surface area contributed by atoms with Crippen molar-refractivity contribution in [3.8, 4) is 11.8 Å². The average molecular weight is 494 g/mol. The number of likely N-dealkylation sites (N-methyl/N-ethyl adjacent to an activating group) is 1. The van der Waals surface area contributed by atoms with Crippen LogP contribution in [0, 0.1) is 11.6 Å². The first-order valence-electron chi connectivity index (χ1n) is 11.9. The highest BCUT2D eigenvalue weighted by atomic mass is 19.1. The van der Waals surface area contributed by atoms with Crippen molar-refractivity contribution in [1.82, 2.24) is 24.6 Å². The van der Waals surface area contributed by atoms with Gasteiger partial charge in [-0.1, -0.05) is 17.7 Å². The smallest absolute Gasteiger partial charge is 0.326 e. The number of piperazine rings is 1. The van der Waals surface area contributed by atoms with Crippen LogP contribution in [0.1, 0.15) is 30.7 Å². The van der Waals surface area contributed by atoms with E-state index in [2.05, 4.69) is 37.2 Å². The van der Waals surface area contributed by atoms with E-state index in [1.54, 1.807) is 10.8 Å². The number of aryl methyl sites for hydroxylation is 1. The Labute approximate surface area is 208 Å². The summed E-state index contributed by atoms with van der Waals surface area (Å²) in [6, 6.07) is 4.70. The predicted octanol–water partition coefficient (Wildman–Crippen LogP) is 4.77. The van der Waals surface area contributed by atoms with Crippen LogP contribution >= 0.6 is 0 Å². The Morgan fingerprint density at radius 1 is 1.03 bits per heavy atom. The zero-order chi connectivity index (χ0) is 25.4. The molecule has 1 saturated heterocycles. The number of ether oxygens (including phenoxy) is 1. The number of anilines is 3. The number of benzene rings is 1. The highest BCUT2D eigenvalue weighted by Gasteiger charge is 2.24. The van der Waals surface area contributed by atoms with Crippen LogP contribution in [0.5, 0.6) is 11.8 Å². The second kappa shape index (κ2) is 9.69. The average Bonchev–Trinajstić information content (AvgIpc) is 3.40. The lowest BCUT2D eigenvalue weighted by atomic mass is 10.1. The first kappa shape index (κ1) is 23.9. The van der Waals surface area contributed by atoms with Crippen LogP contribution < -0.4 is 15.0 Å². The van der Waals surface area contributed by atoms with Crippen molar-refractivity contribution in [2.24, 2.45) is 7.05 Å². The van der Waals surface area contributed by atoms with E-state index in [1.165, 1.54) is 0 Å². The second-order valence-corrected chi connectivity index (χ2v) is 9.22. The molecular weight excluding hydrogens is 464 g/mol. The minimum absolute atomic E-state index is 0.0736. The summed E-state index contributed by atoms with van der Waals surface area (Å²) in [5, 5.41) is 7.68. The lowest BCUT2D eigenvalue weighted by Gasteiger charge is -2.33. The quantitative estimate of drug-likeness (QED) is 0.531. The molecule has 3 heterocycles. The summed E-state index contributed by atoms with van der Waals surface area (Å²) in [4.78, 5) is 13.3. The number of halogens is 2. The SMILES string of the molecule is C/C=C\c1cc(Nc2cc(N3CCN(C)CC3)nc(Oc3cc(F)c4c(c3F)C=C(C)C4)n2)nn1C. The molecule has 1 aliphatic carbocycles. The minimum atomic E-state index is -0.618. The molecule has 0 unspecified atom stereocenters. The van der Waals surface area contributed by atoms with Gasteiger partial charge in [0.25, 0.3) is 0 Å². The van der Waals surface area contributed by atoms with E-state index >= 15 is 4.39 Å². The lowest BCUT2D eigenvalue weighted by Crippen LogP contribution is -2.44. The summed E-state index contributed by atoms with van der Waals surface area (Å²) in [7, 11) is 3.93. The van der Waals surface area contributed by atoms with Gasteiger partial charge >= 0.3 is 6.01 Å². The monoisotopic (exact) mass is 493 g/mol. The molecule has 0 spiro atoms. The number of fused-ring (bicyclic) bond motifs is 1. The molecule has 2 aliphatic rings. The molecule has 0 radical (unpaired) electrons. The third-order valence-electron chi connectivity index (χ3n) is 6.40. The molecular formula is C26H29F2N7O. The molecule has 1 aliphatic heterocycles. The van der Waals surface area contributed by atoms with Gasteiger partial charge in [0.1, 0.15) is 17.5 Å². The van der Waals surface area contributed by atoms with Crippen LogP contribution in [0.3, 0.4) is 0 Å². The number of hydrogen-bond acceptors (Lipinski definition) is 7. The van der Waals surface area contributed by atoms with Crippen molar-refractivity contribution in [2.45, 2.75) is 20.3 Å². The maximum atomic E-state index is 15.2. The lowest BCUT2D eigenvalue weighted by molar-refractivity contribution is 0.311. The van der Waals surface area contributed by atoms with Crippen LogP contribution in [-0.2, 0) is 13.5 Å². The van der Waals surface area contributed by atoms with Crippen molar-refractivity contribution in [2.75, 3.05) is 43.4 Å². The Bertz CT molecular complexity index is 1360. The molecule has 5 rings (SSSR count). The molecule has 10 heteroatoms. The zero-order valence-electron chi connectivity index (χ0n) is 20.8. The Balaban J connectivity index is 1.50. The highest BCUT2D eigenvalue weighted by molar-refractivity contribution is 5.66. The number of rotatable bonds is 6. The summed E-state index contributed by atoms with van der Waals surface area (Å²) in [6.45, 7) is 7.09. The fraction of sp³-hybridized carbons (Fsp3) is 0.346. The Kier molecular flexibility index (Phi) is 6.44. The van der Waals surface area contributed by atoms with E-state index in [0.717, 1.165) is 43.5 Å². The summed E-state index contributed by atoms with van der Waals surface area (Å²) >= 11 is 0. The molecule has 188 valence electrons. The molecule has 2 aromatic heterocycles. The Hall–Kier alpha value is -3.79. The third kappa shape index (κ3) is 4.81.